The molecule has 1 atom stereocenters. The molecule has 9 nitrogen and oxygen atoms in total. The minimum absolute atomic E-state index is 0.0237. The number of H-pyrrole nitrogens is 1. The number of carbonyl (C=O) groups is 2. The van der Waals surface area contributed by atoms with E-state index in [0.29, 0.717) is 13.2 Å². The Morgan fingerprint density at radius 2 is 1.83 bits per heavy atom. The summed E-state index contributed by atoms with van der Waals surface area (Å²) in [6.45, 7) is 7.59. The van der Waals surface area contributed by atoms with Gasteiger partial charge >= 0.3 is 12.1 Å². The number of likely N-dealkylation sites (tertiary alicyclic amines) is 1. The minimum Gasteiger partial charge on any atom is -0.497 e. The fourth-order valence-electron chi connectivity index (χ4n) is 5.66. The zero-order valence-electron chi connectivity index (χ0n) is 23.1. The number of alkyl halides is 3. The maximum Gasteiger partial charge on any atom is 0.490 e. The number of carbonyl (C=O) groups excluding carboxylic acids is 1. The molecule has 1 unspecified atom stereocenters. The van der Waals surface area contributed by atoms with Crippen LogP contribution in [-0.4, -0.2) is 90.9 Å². The summed E-state index contributed by atoms with van der Waals surface area (Å²) in [4.78, 5) is 29.3. The van der Waals surface area contributed by atoms with E-state index in [4.69, 9.17) is 19.4 Å². The molecule has 5 rings (SSSR count). The quantitative estimate of drug-likeness (QED) is 0.375. The van der Waals surface area contributed by atoms with Gasteiger partial charge in [0.15, 0.2) is 0 Å². The normalized spacial score (nSPS) is 19.0. The van der Waals surface area contributed by atoms with Crippen molar-refractivity contribution in [2.75, 3.05) is 53.0 Å². The lowest BCUT2D eigenvalue weighted by atomic mass is 9.84. The van der Waals surface area contributed by atoms with Crippen molar-refractivity contribution >= 4 is 22.8 Å². The second-order valence-corrected chi connectivity index (χ2v) is 10.1. The summed E-state index contributed by atoms with van der Waals surface area (Å²) in [7, 11) is 1.72. The number of para-hydroxylation sites is 1. The van der Waals surface area contributed by atoms with Crippen LogP contribution in [0.25, 0.3) is 10.9 Å². The Morgan fingerprint density at radius 1 is 1.10 bits per heavy atom. The molecule has 1 spiro atoms. The number of nitrogens with one attached hydrogen (secondary N) is 2. The molecule has 222 valence electrons. The molecule has 41 heavy (non-hydrogen) atoms. The fraction of sp³-hybridized carbons (Fsp3) is 0.448. The van der Waals surface area contributed by atoms with Crippen molar-refractivity contribution in [3.8, 4) is 11.5 Å². The number of nitrogens with zero attached hydrogens (tertiary/aromatic N) is 2. The van der Waals surface area contributed by atoms with Crippen LogP contribution in [0.15, 0.2) is 48.5 Å². The van der Waals surface area contributed by atoms with Gasteiger partial charge in [0.2, 0.25) is 5.91 Å². The summed E-state index contributed by atoms with van der Waals surface area (Å²) in [6, 6.07) is 16.3. The smallest absolute Gasteiger partial charge is 0.490 e. The Morgan fingerprint density at radius 3 is 2.49 bits per heavy atom. The molecule has 3 N–H and O–H groups in total. The first kappa shape index (κ1) is 30.2. The third kappa shape index (κ3) is 7.12. The minimum atomic E-state index is -5.08. The fourth-order valence-corrected chi connectivity index (χ4v) is 5.66. The predicted molar refractivity (Wildman–Crippen MR) is 147 cm³/mol. The molecule has 1 aromatic heterocycles. The molecule has 0 aliphatic carbocycles. The third-order valence-corrected chi connectivity index (χ3v) is 7.56. The molecule has 0 bridgehead atoms. The molecule has 1 amide bonds. The highest BCUT2D eigenvalue weighted by Gasteiger charge is 2.48. The molecule has 3 aromatic rings. The Hall–Kier alpha value is -3.77. The van der Waals surface area contributed by atoms with Gasteiger partial charge in [-0.05, 0) is 48.7 Å². The van der Waals surface area contributed by atoms with Crippen LogP contribution in [-0.2, 0) is 21.5 Å². The lowest BCUT2D eigenvalue weighted by Crippen LogP contribution is -2.54. The number of aromatic nitrogens is 1. The Bertz CT molecular complexity index is 1350. The van der Waals surface area contributed by atoms with Crippen molar-refractivity contribution in [3.05, 3.63) is 59.8 Å². The number of carboxylic acids is 1. The van der Waals surface area contributed by atoms with Gasteiger partial charge in [-0.15, -0.1) is 0 Å². The van der Waals surface area contributed by atoms with Crippen LogP contribution in [0.5, 0.6) is 11.5 Å². The first-order chi connectivity index (χ1) is 19.5. The van der Waals surface area contributed by atoms with E-state index in [-0.39, 0.29) is 11.4 Å². The van der Waals surface area contributed by atoms with E-state index in [9.17, 15) is 18.0 Å². The summed E-state index contributed by atoms with van der Waals surface area (Å²) >= 11 is 0. The average Bonchev–Trinajstić information content (AvgIpc) is 3.53. The molecule has 0 saturated carbocycles. The van der Waals surface area contributed by atoms with Gasteiger partial charge < -0.3 is 24.9 Å². The van der Waals surface area contributed by atoms with Crippen molar-refractivity contribution in [1.82, 2.24) is 20.1 Å². The number of methoxy groups -OCH3 is 1. The number of hydrogen-bond acceptors (Lipinski definition) is 6. The maximum absolute atomic E-state index is 11.5. The van der Waals surface area contributed by atoms with Gasteiger partial charge in [-0.1, -0.05) is 18.2 Å². The number of aliphatic carboxylic acids is 1. The predicted octanol–water partition coefficient (Wildman–Crippen LogP) is 3.78. The summed E-state index contributed by atoms with van der Waals surface area (Å²) in [5.41, 5.74) is 3.81. The first-order valence-electron chi connectivity index (χ1n) is 13.4. The van der Waals surface area contributed by atoms with Crippen molar-refractivity contribution < 1.29 is 37.3 Å². The number of benzene rings is 2. The molecule has 12 heteroatoms. The lowest BCUT2D eigenvalue weighted by molar-refractivity contribution is -0.192. The number of rotatable bonds is 8. The van der Waals surface area contributed by atoms with Crippen molar-refractivity contribution in [1.29, 1.82) is 0 Å². The molecule has 3 heterocycles. The Kier molecular flexibility index (Phi) is 9.44. The van der Waals surface area contributed by atoms with E-state index in [0.717, 1.165) is 57.1 Å². The maximum atomic E-state index is 11.5. The van der Waals surface area contributed by atoms with Crippen LogP contribution in [0.2, 0.25) is 0 Å². The molecule has 1 fully saturated rings. The molecule has 2 aromatic carbocycles. The number of halogens is 3. The van der Waals surface area contributed by atoms with E-state index in [1.807, 2.05) is 36.4 Å². The second kappa shape index (κ2) is 12.8. The van der Waals surface area contributed by atoms with Gasteiger partial charge in [0.05, 0.1) is 12.6 Å². The van der Waals surface area contributed by atoms with Gasteiger partial charge in [0.1, 0.15) is 18.1 Å². The van der Waals surface area contributed by atoms with Crippen LogP contribution >= 0.6 is 0 Å². The highest BCUT2D eigenvalue weighted by molar-refractivity contribution is 5.87. The standard InChI is InChI=1S/C27H34N4O3.C2HF3O2/c1-20(32)28-12-15-31-13-10-23-24-18-22(33-2)8-9-25(24)29-26(23)27(31)11-14-30(19-27)16-17-34-21-6-4-3-5-7-21;3-2(4,5)1(6)7/h3-9,18,29H,10-17,19H2,1-2H3,(H,28,32);(H,6,7). The topological polar surface area (TPSA) is 107 Å². The first-order valence-corrected chi connectivity index (χ1v) is 13.4. The summed E-state index contributed by atoms with van der Waals surface area (Å²) in [6.07, 6.45) is -3.04. The van der Waals surface area contributed by atoms with Crippen LogP contribution < -0.4 is 14.8 Å². The van der Waals surface area contributed by atoms with E-state index in [1.165, 1.54) is 22.2 Å². The van der Waals surface area contributed by atoms with Gasteiger partial charge in [-0.3, -0.25) is 14.6 Å². The molecule has 1 saturated heterocycles. The van der Waals surface area contributed by atoms with Crippen molar-refractivity contribution in [2.24, 2.45) is 0 Å². The van der Waals surface area contributed by atoms with Crippen molar-refractivity contribution in [2.45, 2.75) is 31.5 Å². The zero-order chi connectivity index (χ0) is 29.6. The molecule has 2 aliphatic rings. The SMILES string of the molecule is COc1ccc2[nH]c3c(c2c1)CCN(CCNC(C)=O)C31CCN(CCOc2ccccc2)C1.O=C(O)C(F)(F)F. The second-order valence-electron chi connectivity index (χ2n) is 10.1. The summed E-state index contributed by atoms with van der Waals surface area (Å²) < 4.78 is 43.2. The number of aromatic amines is 1. The highest BCUT2D eigenvalue weighted by Crippen LogP contribution is 2.44. The number of amides is 1. The van der Waals surface area contributed by atoms with E-state index < -0.39 is 12.1 Å². The molecular formula is C29H35F3N4O5. The van der Waals surface area contributed by atoms with Gasteiger partial charge in [-0.2, -0.15) is 13.2 Å². The Balaban J connectivity index is 0.000000493. The number of carboxylic acid groups (broad SMARTS) is 1. The number of hydrogen-bond donors (Lipinski definition) is 3. The van der Waals surface area contributed by atoms with Gasteiger partial charge in [0, 0.05) is 62.8 Å². The number of ether oxygens (including phenoxy) is 2. The van der Waals surface area contributed by atoms with Crippen LogP contribution in [0.3, 0.4) is 0 Å². The van der Waals surface area contributed by atoms with Crippen LogP contribution in [0.1, 0.15) is 24.6 Å². The van der Waals surface area contributed by atoms with E-state index in [2.05, 4.69) is 32.2 Å². The molecule has 2 aliphatic heterocycles. The van der Waals surface area contributed by atoms with Gasteiger partial charge in [0.25, 0.3) is 0 Å². The monoisotopic (exact) mass is 576 g/mol. The van der Waals surface area contributed by atoms with E-state index >= 15 is 0 Å². The van der Waals surface area contributed by atoms with Crippen LogP contribution in [0.4, 0.5) is 13.2 Å². The average molecular weight is 577 g/mol. The summed E-state index contributed by atoms with van der Waals surface area (Å²) in [5.74, 6) is -0.927. The van der Waals surface area contributed by atoms with E-state index in [1.54, 1.807) is 14.0 Å². The van der Waals surface area contributed by atoms with Crippen LogP contribution in [0, 0.1) is 0 Å². The van der Waals surface area contributed by atoms with Crippen molar-refractivity contribution in [3.63, 3.8) is 0 Å². The Labute approximate surface area is 236 Å². The lowest BCUT2D eigenvalue weighted by Gasteiger charge is -2.45. The highest BCUT2D eigenvalue weighted by atomic mass is 19.4. The number of fused-ring (bicyclic) bond motifs is 4. The third-order valence-electron chi connectivity index (χ3n) is 7.56. The zero-order valence-corrected chi connectivity index (χ0v) is 23.1. The summed E-state index contributed by atoms with van der Waals surface area (Å²) in [5, 5.41) is 11.4. The molecule has 0 radical (unpaired) electrons. The van der Waals surface area contributed by atoms with Gasteiger partial charge in [-0.25, -0.2) is 4.79 Å². The largest absolute Gasteiger partial charge is 0.497 e. The molecular weight excluding hydrogens is 541 g/mol.